The maximum Gasteiger partial charge on any atom is 0.165 e. The third kappa shape index (κ3) is 2.91. The molecule has 1 aromatic rings. The second-order valence-electron chi connectivity index (χ2n) is 3.53. The zero-order valence-corrected chi connectivity index (χ0v) is 9.51. The van der Waals surface area contributed by atoms with E-state index in [4.69, 9.17) is 4.74 Å². The summed E-state index contributed by atoms with van der Waals surface area (Å²) in [6, 6.07) is 4.95. The Bertz CT molecular complexity index is 310. The number of rotatable bonds is 3. The highest BCUT2D eigenvalue weighted by atomic mass is 32.1. The molecule has 0 spiro atoms. The van der Waals surface area contributed by atoms with E-state index in [1.165, 1.54) is 6.07 Å². The molecule has 0 radical (unpaired) electrons. The number of thiol groups is 1. The molecule has 1 unspecified atom stereocenters. The highest BCUT2D eigenvalue weighted by Gasteiger charge is 2.08. The largest absolute Gasteiger partial charge is 0.488 e. The lowest BCUT2D eigenvalue weighted by molar-refractivity contribution is 0.231. The number of benzene rings is 1. The summed E-state index contributed by atoms with van der Waals surface area (Å²) in [5.74, 6) is -0.0187. The molecule has 1 atom stereocenters. The summed E-state index contributed by atoms with van der Waals surface area (Å²) in [5, 5.41) is 0.0394. The predicted molar refractivity (Wildman–Crippen MR) is 59.6 cm³/mol. The third-order valence-corrected chi connectivity index (χ3v) is 2.10. The van der Waals surface area contributed by atoms with E-state index in [2.05, 4.69) is 12.6 Å². The maximum atomic E-state index is 13.4. The van der Waals surface area contributed by atoms with Crippen molar-refractivity contribution in [2.75, 3.05) is 0 Å². The Morgan fingerprint density at radius 1 is 1.29 bits per heavy atom. The topological polar surface area (TPSA) is 9.23 Å². The van der Waals surface area contributed by atoms with E-state index in [0.717, 1.165) is 5.56 Å². The summed E-state index contributed by atoms with van der Waals surface area (Å²) in [7, 11) is 0. The van der Waals surface area contributed by atoms with Gasteiger partial charge in [0, 0.05) is 5.25 Å². The fourth-order valence-corrected chi connectivity index (χ4v) is 1.29. The second-order valence-corrected chi connectivity index (χ2v) is 4.31. The van der Waals surface area contributed by atoms with Gasteiger partial charge in [-0.3, -0.25) is 0 Å². The van der Waals surface area contributed by atoms with Crippen LogP contribution in [0.5, 0.6) is 5.75 Å². The lowest BCUT2D eigenvalue weighted by atomic mass is 10.1. The zero-order chi connectivity index (χ0) is 10.7. The molecule has 78 valence electrons. The average molecular weight is 214 g/mol. The summed E-state index contributed by atoms with van der Waals surface area (Å²) in [6.45, 7) is 5.64. The Kier molecular flexibility index (Phi) is 3.81. The van der Waals surface area contributed by atoms with Crippen molar-refractivity contribution in [1.82, 2.24) is 0 Å². The van der Waals surface area contributed by atoms with Crippen molar-refractivity contribution >= 4 is 12.6 Å². The monoisotopic (exact) mass is 214 g/mol. The minimum atomic E-state index is -0.322. The summed E-state index contributed by atoms with van der Waals surface area (Å²) in [5.41, 5.74) is 0.863. The molecule has 1 aromatic carbocycles. The molecule has 1 nitrogen and oxygen atoms in total. The fraction of sp³-hybridized carbons (Fsp3) is 0.455. The Morgan fingerprint density at radius 3 is 2.36 bits per heavy atom. The van der Waals surface area contributed by atoms with E-state index in [1.807, 2.05) is 26.8 Å². The zero-order valence-electron chi connectivity index (χ0n) is 8.62. The molecule has 0 saturated carbocycles. The Balaban J connectivity index is 2.90. The first kappa shape index (κ1) is 11.4. The summed E-state index contributed by atoms with van der Waals surface area (Å²) in [6.07, 6.45) is -0.0104. The Morgan fingerprint density at radius 2 is 1.93 bits per heavy atom. The van der Waals surface area contributed by atoms with Gasteiger partial charge in [-0.25, -0.2) is 4.39 Å². The van der Waals surface area contributed by atoms with Crippen molar-refractivity contribution in [2.24, 2.45) is 0 Å². The molecule has 0 N–H and O–H groups in total. The first-order valence-corrected chi connectivity index (χ1v) is 5.16. The number of halogens is 1. The molecule has 3 heteroatoms. The van der Waals surface area contributed by atoms with Crippen LogP contribution in [0, 0.1) is 5.82 Å². The van der Waals surface area contributed by atoms with Crippen LogP contribution in [0.4, 0.5) is 4.39 Å². The van der Waals surface area contributed by atoms with Crippen molar-refractivity contribution in [2.45, 2.75) is 32.1 Å². The molecule has 0 aliphatic heterocycles. The van der Waals surface area contributed by atoms with E-state index in [-0.39, 0.29) is 17.2 Å². The quantitative estimate of drug-likeness (QED) is 0.756. The highest BCUT2D eigenvalue weighted by molar-refractivity contribution is 7.80. The lowest BCUT2D eigenvalue weighted by Gasteiger charge is -2.12. The van der Waals surface area contributed by atoms with E-state index in [0.29, 0.717) is 5.75 Å². The van der Waals surface area contributed by atoms with Crippen LogP contribution in [0.1, 0.15) is 31.6 Å². The molecule has 0 aliphatic rings. The van der Waals surface area contributed by atoms with Crippen LogP contribution in [-0.4, -0.2) is 6.10 Å². The van der Waals surface area contributed by atoms with E-state index in [1.54, 1.807) is 6.07 Å². The lowest BCUT2D eigenvalue weighted by Crippen LogP contribution is -2.07. The van der Waals surface area contributed by atoms with Crippen molar-refractivity contribution < 1.29 is 9.13 Å². The molecule has 0 saturated heterocycles. The predicted octanol–water partition coefficient (Wildman–Crippen LogP) is 3.60. The average Bonchev–Trinajstić information content (AvgIpc) is 2.07. The minimum Gasteiger partial charge on any atom is -0.488 e. The van der Waals surface area contributed by atoms with Crippen LogP contribution in [-0.2, 0) is 0 Å². The van der Waals surface area contributed by atoms with Gasteiger partial charge in [-0.15, -0.1) is 0 Å². The van der Waals surface area contributed by atoms with Crippen molar-refractivity contribution in [1.29, 1.82) is 0 Å². The summed E-state index contributed by atoms with van der Waals surface area (Å²) < 4.78 is 18.7. The van der Waals surface area contributed by atoms with Crippen molar-refractivity contribution in [3.63, 3.8) is 0 Å². The van der Waals surface area contributed by atoms with E-state index >= 15 is 0 Å². The molecule has 0 aromatic heterocycles. The third-order valence-electron chi connectivity index (χ3n) is 1.80. The number of hydrogen-bond donors (Lipinski definition) is 1. The van der Waals surface area contributed by atoms with Gasteiger partial charge < -0.3 is 4.74 Å². The van der Waals surface area contributed by atoms with E-state index in [9.17, 15) is 4.39 Å². The van der Waals surface area contributed by atoms with Gasteiger partial charge in [-0.1, -0.05) is 6.07 Å². The Labute approximate surface area is 89.7 Å². The SMILES string of the molecule is CC(C)Oc1ccc(C(C)S)cc1F. The fourth-order valence-electron chi connectivity index (χ4n) is 1.13. The molecular formula is C11H15FOS. The van der Waals surface area contributed by atoms with Gasteiger partial charge >= 0.3 is 0 Å². The molecule has 0 fully saturated rings. The van der Waals surface area contributed by atoms with Gasteiger partial charge in [0.1, 0.15) is 0 Å². The van der Waals surface area contributed by atoms with E-state index < -0.39 is 0 Å². The molecule has 14 heavy (non-hydrogen) atoms. The molecular weight excluding hydrogens is 199 g/mol. The summed E-state index contributed by atoms with van der Waals surface area (Å²) in [4.78, 5) is 0. The van der Waals surface area contributed by atoms with Gasteiger partial charge in [0.05, 0.1) is 6.10 Å². The normalized spacial score (nSPS) is 13.0. The summed E-state index contributed by atoms with van der Waals surface area (Å²) >= 11 is 4.23. The standard InChI is InChI=1S/C11H15FOS/c1-7(2)13-11-5-4-9(8(3)14)6-10(11)12/h4-8,14H,1-3H3. The number of ether oxygens (including phenoxy) is 1. The molecule has 0 bridgehead atoms. The Hall–Kier alpha value is -0.700. The second kappa shape index (κ2) is 4.69. The first-order valence-electron chi connectivity index (χ1n) is 4.65. The molecule has 0 amide bonds. The number of hydrogen-bond acceptors (Lipinski definition) is 2. The van der Waals surface area contributed by atoms with Gasteiger partial charge in [0.15, 0.2) is 11.6 Å². The van der Waals surface area contributed by atoms with Crippen LogP contribution in [0.3, 0.4) is 0 Å². The molecule has 1 rings (SSSR count). The minimum absolute atomic E-state index is 0.0104. The maximum absolute atomic E-state index is 13.4. The highest BCUT2D eigenvalue weighted by Crippen LogP contribution is 2.25. The van der Waals surface area contributed by atoms with Gasteiger partial charge in [-0.05, 0) is 38.5 Å². The van der Waals surface area contributed by atoms with Crippen LogP contribution in [0.25, 0.3) is 0 Å². The van der Waals surface area contributed by atoms with Gasteiger partial charge in [0.2, 0.25) is 0 Å². The van der Waals surface area contributed by atoms with Crippen molar-refractivity contribution in [3.05, 3.63) is 29.6 Å². The van der Waals surface area contributed by atoms with Gasteiger partial charge in [-0.2, -0.15) is 12.6 Å². The van der Waals surface area contributed by atoms with Crippen molar-refractivity contribution in [3.8, 4) is 5.75 Å². The van der Waals surface area contributed by atoms with Gasteiger partial charge in [0.25, 0.3) is 0 Å². The van der Waals surface area contributed by atoms with Crippen LogP contribution < -0.4 is 4.74 Å². The van der Waals surface area contributed by atoms with Crippen LogP contribution in [0.15, 0.2) is 18.2 Å². The first-order chi connectivity index (χ1) is 6.50. The molecule has 0 aliphatic carbocycles. The smallest absolute Gasteiger partial charge is 0.165 e. The van der Waals surface area contributed by atoms with Crippen LogP contribution in [0.2, 0.25) is 0 Å². The molecule has 0 heterocycles. The van der Waals surface area contributed by atoms with Crippen LogP contribution >= 0.6 is 12.6 Å².